The minimum absolute atomic E-state index is 0.00821. The highest BCUT2D eigenvalue weighted by molar-refractivity contribution is 7.85. The van der Waals surface area contributed by atoms with Crippen LogP contribution in [0.25, 0.3) is 11.1 Å². The normalized spacial score (nSPS) is 10.5. The lowest BCUT2D eigenvalue weighted by molar-refractivity contribution is -0.141. The van der Waals surface area contributed by atoms with Crippen molar-refractivity contribution in [1.82, 2.24) is 10.3 Å². The third kappa shape index (κ3) is 17.0. The van der Waals surface area contributed by atoms with E-state index in [-0.39, 0.29) is 19.1 Å². The number of nitrogens with two attached hydrogens (primary N) is 1. The molecule has 0 fully saturated rings. The Morgan fingerprint density at radius 1 is 1.02 bits per heavy atom. The van der Waals surface area contributed by atoms with E-state index in [1.54, 1.807) is 35.2 Å². The van der Waals surface area contributed by atoms with Gasteiger partial charge in [0.25, 0.3) is 10.1 Å². The van der Waals surface area contributed by atoms with Gasteiger partial charge in [-0.1, -0.05) is 50.2 Å². The molecule has 14 heteroatoms. The number of carbonyl (C=O) groups excluding carboxylic acids is 1. The average molecular weight is 668 g/mol. The molecule has 4 N–H and O–H groups in total. The number of nitrogens with one attached hydrogen (secondary N) is 1. The zero-order chi connectivity index (χ0) is 35.2. The molecule has 1 aromatic heterocycles. The summed E-state index contributed by atoms with van der Waals surface area (Å²) in [6.07, 6.45) is -2.97. The molecule has 0 atom stereocenters. The SMILES string of the molecule is CC.CCN(CC)c1cc(-c2ccc(COCC=O)cc2)cc(C(F)(F)F)n1.CNCS(=O)(=O)O.N#Cc1ccc(CCN)cc1. The van der Waals surface area contributed by atoms with E-state index in [4.69, 9.17) is 20.3 Å². The van der Waals surface area contributed by atoms with Crippen molar-refractivity contribution in [3.05, 3.63) is 83.0 Å². The van der Waals surface area contributed by atoms with Crippen molar-refractivity contribution in [3.63, 3.8) is 0 Å². The van der Waals surface area contributed by atoms with Crippen molar-refractivity contribution < 1.29 is 35.7 Å². The number of alkyl halides is 3. The molecule has 0 bridgehead atoms. The van der Waals surface area contributed by atoms with E-state index in [0.29, 0.717) is 48.4 Å². The molecule has 0 unspecified atom stereocenters. The predicted octanol–water partition coefficient (Wildman–Crippen LogP) is 5.47. The quantitative estimate of drug-likeness (QED) is 0.129. The van der Waals surface area contributed by atoms with E-state index in [0.717, 1.165) is 18.1 Å². The zero-order valence-electron chi connectivity index (χ0n) is 26.8. The smallest absolute Gasteiger partial charge is 0.369 e. The lowest BCUT2D eigenvalue weighted by atomic mass is 10.0. The van der Waals surface area contributed by atoms with Crippen LogP contribution in [0.3, 0.4) is 0 Å². The number of ether oxygens (including phenoxy) is 1. The number of nitrogens with zero attached hydrogens (tertiary/aromatic N) is 3. The van der Waals surface area contributed by atoms with Gasteiger partial charge in [0.05, 0.1) is 18.2 Å². The van der Waals surface area contributed by atoms with Crippen LogP contribution in [-0.4, -0.2) is 63.4 Å². The van der Waals surface area contributed by atoms with Crippen molar-refractivity contribution in [3.8, 4) is 17.2 Å². The number of pyridine rings is 1. The first kappa shape index (κ1) is 42.1. The topological polar surface area (TPSA) is 159 Å². The first-order valence-corrected chi connectivity index (χ1v) is 16.2. The van der Waals surface area contributed by atoms with Crippen molar-refractivity contribution in [2.45, 2.75) is 46.9 Å². The molecule has 0 amide bonds. The number of aldehydes is 1. The number of benzene rings is 2. The number of halogens is 3. The number of aromatic nitrogens is 1. The molecule has 0 spiro atoms. The zero-order valence-corrected chi connectivity index (χ0v) is 27.7. The molecular weight excluding hydrogens is 623 g/mol. The molecule has 254 valence electrons. The summed E-state index contributed by atoms with van der Waals surface area (Å²) in [5.74, 6) is -0.0780. The number of rotatable bonds is 12. The molecule has 3 rings (SSSR count). The molecule has 0 aliphatic rings. The molecular formula is C32H44F3N5O5S. The number of hydrogen-bond donors (Lipinski definition) is 3. The van der Waals surface area contributed by atoms with E-state index in [1.165, 1.54) is 12.6 Å². The minimum Gasteiger partial charge on any atom is -0.369 e. The first-order chi connectivity index (χ1) is 21.8. The maximum Gasteiger partial charge on any atom is 0.433 e. The molecule has 0 aliphatic heterocycles. The van der Waals surface area contributed by atoms with Crippen LogP contribution >= 0.6 is 0 Å². The van der Waals surface area contributed by atoms with Gasteiger partial charge < -0.3 is 25.5 Å². The van der Waals surface area contributed by atoms with E-state index >= 15 is 0 Å². The molecule has 10 nitrogen and oxygen atoms in total. The first-order valence-electron chi connectivity index (χ1n) is 14.6. The molecule has 0 saturated heterocycles. The average Bonchev–Trinajstić information content (AvgIpc) is 3.03. The highest BCUT2D eigenvalue weighted by Crippen LogP contribution is 2.33. The maximum atomic E-state index is 13.2. The van der Waals surface area contributed by atoms with Crippen molar-refractivity contribution in [2.24, 2.45) is 5.73 Å². The van der Waals surface area contributed by atoms with Crippen LogP contribution in [0.1, 0.15) is 50.1 Å². The maximum absolute atomic E-state index is 13.2. The van der Waals surface area contributed by atoms with Gasteiger partial charge in [-0.25, -0.2) is 4.98 Å². The largest absolute Gasteiger partial charge is 0.433 e. The molecule has 46 heavy (non-hydrogen) atoms. The summed E-state index contributed by atoms with van der Waals surface area (Å²) in [5.41, 5.74) is 8.29. The van der Waals surface area contributed by atoms with Crippen molar-refractivity contribution >= 4 is 22.2 Å². The van der Waals surface area contributed by atoms with Gasteiger partial charge in [-0.15, -0.1) is 0 Å². The Bertz CT molecular complexity index is 1430. The number of anilines is 1. The lowest BCUT2D eigenvalue weighted by Gasteiger charge is -2.22. The van der Waals surface area contributed by atoms with Crippen LogP contribution < -0.4 is 16.0 Å². The van der Waals surface area contributed by atoms with Crippen LogP contribution in [0.4, 0.5) is 19.0 Å². The minimum atomic E-state index is -4.51. The predicted molar refractivity (Wildman–Crippen MR) is 175 cm³/mol. The summed E-state index contributed by atoms with van der Waals surface area (Å²) < 4.78 is 72.2. The Kier molecular flexibility index (Phi) is 20.7. The standard InChI is InChI=1S/C19H21F3N2O2.C9H10N2.C2H7NO3S.C2H6/c1-3-24(4-2)18-12-16(11-17(23-18)19(20,21)22)15-7-5-14(6-8-15)13-26-10-9-25;10-6-5-8-1-3-9(7-11)4-2-8;1-3-2-7(4,5)6;1-2/h5-9,11-12H,3-4,10,13H2,1-2H3;1-4H,5-6,10H2;3H,2H2,1H3,(H,4,5,6);1-2H3. The van der Waals surface area contributed by atoms with Crippen LogP contribution in [0.15, 0.2) is 60.7 Å². The van der Waals surface area contributed by atoms with Gasteiger partial charge in [-0.3, -0.25) is 4.55 Å². The van der Waals surface area contributed by atoms with Gasteiger partial charge >= 0.3 is 6.18 Å². The number of hydrogen-bond acceptors (Lipinski definition) is 9. The number of nitriles is 1. The Hall–Kier alpha value is -3.87. The fourth-order valence-corrected chi connectivity index (χ4v) is 4.02. The lowest BCUT2D eigenvalue weighted by Crippen LogP contribution is -2.24. The van der Waals surface area contributed by atoms with Crippen LogP contribution in [-0.2, 0) is 38.9 Å². The molecule has 0 radical (unpaired) electrons. The molecule has 3 aromatic rings. The van der Waals surface area contributed by atoms with E-state index in [1.807, 2.05) is 52.0 Å². The summed E-state index contributed by atoms with van der Waals surface area (Å²) in [4.78, 5) is 15.8. The second kappa shape index (κ2) is 22.6. The van der Waals surface area contributed by atoms with E-state index < -0.39 is 22.0 Å². The Balaban J connectivity index is 0.000000828. The van der Waals surface area contributed by atoms with Gasteiger partial charge in [0.2, 0.25) is 0 Å². The van der Waals surface area contributed by atoms with Crippen LogP contribution in [0.2, 0.25) is 0 Å². The molecule has 1 heterocycles. The summed E-state index contributed by atoms with van der Waals surface area (Å²) in [5, 5.41) is 10.8. The van der Waals surface area contributed by atoms with Gasteiger partial charge in [0.1, 0.15) is 30.3 Å². The van der Waals surface area contributed by atoms with Crippen molar-refractivity contribution in [1.29, 1.82) is 5.26 Å². The van der Waals surface area contributed by atoms with Gasteiger partial charge in [-0.05, 0) is 80.4 Å². The monoisotopic (exact) mass is 667 g/mol. The van der Waals surface area contributed by atoms with Crippen LogP contribution in [0, 0.1) is 11.3 Å². The van der Waals surface area contributed by atoms with Crippen molar-refractivity contribution in [2.75, 3.05) is 44.1 Å². The summed E-state index contributed by atoms with van der Waals surface area (Å²) in [7, 11) is -2.35. The Labute approximate surface area is 270 Å². The van der Waals surface area contributed by atoms with Crippen LogP contribution in [0.5, 0.6) is 0 Å². The summed E-state index contributed by atoms with van der Waals surface area (Å²) >= 11 is 0. The Morgan fingerprint density at radius 3 is 2.00 bits per heavy atom. The molecule has 0 aliphatic carbocycles. The molecule has 0 saturated carbocycles. The fourth-order valence-electron chi connectivity index (χ4n) is 3.65. The van der Waals surface area contributed by atoms with E-state index in [9.17, 15) is 26.4 Å². The third-order valence-electron chi connectivity index (χ3n) is 5.77. The summed E-state index contributed by atoms with van der Waals surface area (Å²) in [6, 6.07) is 19.3. The second-order valence-corrected chi connectivity index (χ2v) is 10.5. The Morgan fingerprint density at radius 2 is 1.59 bits per heavy atom. The third-order valence-corrected chi connectivity index (χ3v) is 6.43. The number of carbonyl (C=O) groups is 1. The highest BCUT2D eigenvalue weighted by atomic mass is 32.2. The van der Waals surface area contributed by atoms with Gasteiger partial charge in [0.15, 0.2) is 0 Å². The summed E-state index contributed by atoms with van der Waals surface area (Å²) in [6.45, 7) is 9.82. The van der Waals surface area contributed by atoms with Gasteiger partial charge in [-0.2, -0.15) is 26.9 Å². The van der Waals surface area contributed by atoms with Gasteiger partial charge in [0, 0.05) is 13.1 Å². The molecule has 2 aromatic carbocycles. The fraction of sp³-hybridized carbons (Fsp3) is 0.406. The highest BCUT2D eigenvalue weighted by Gasteiger charge is 2.33. The van der Waals surface area contributed by atoms with E-state index in [2.05, 4.69) is 16.4 Å². The second-order valence-electron chi connectivity index (χ2n) is 9.08.